The van der Waals surface area contributed by atoms with Crippen molar-refractivity contribution in [1.82, 2.24) is 15.1 Å². The Bertz CT molecular complexity index is 1200. The predicted molar refractivity (Wildman–Crippen MR) is 128 cm³/mol. The average Bonchev–Trinajstić information content (AvgIpc) is 3.33. The first-order valence-electron chi connectivity index (χ1n) is 10.6. The third-order valence-corrected chi connectivity index (χ3v) is 6.59. The van der Waals surface area contributed by atoms with Crippen molar-refractivity contribution in [3.05, 3.63) is 69.4 Å². The Labute approximate surface area is 204 Å². The second kappa shape index (κ2) is 10.7. The highest BCUT2D eigenvalue weighted by molar-refractivity contribution is 7.15. The van der Waals surface area contributed by atoms with E-state index in [1.54, 1.807) is 41.3 Å². The largest absolute Gasteiger partial charge is 0.337 e. The van der Waals surface area contributed by atoms with Crippen LogP contribution in [0.15, 0.2) is 48.5 Å². The van der Waals surface area contributed by atoms with Crippen LogP contribution in [0.25, 0.3) is 0 Å². The van der Waals surface area contributed by atoms with Crippen LogP contribution in [0.2, 0.25) is 5.02 Å². The van der Waals surface area contributed by atoms with Crippen molar-refractivity contribution in [3.8, 4) is 0 Å². The fourth-order valence-corrected chi connectivity index (χ4v) is 4.45. The lowest BCUT2D eigenvalue weighted by Gasteiger charge is -2.31. The monoisotopic (exact) mass is 501 g/mol. The number of likely N-dealkylation sites (tertiary alicyclic amines) is 1. The maximum absolute atomic E-state index is 13.7. The third kappa shape index (κ3) is 5.95. The van der Waals surface area contributed by atoms with E-state index in [1.807, 2.05) is 0 Å². The summed E-state index contributed by atoms with van der Waals surface area (Å²) in [5.74, 6) is -1.40. The SMILES string of the molecule is O=C(CC1CCN(C(=O)c2nnc(C(=O)Nc3ccc(Cl)cc3)s2)CC1)Nc1ccccc1F. The van der Waals surface area contributed by atoms with Crippen molar-refractivity contribution < 1.29 is 18.8 Å². The van der Waals surface area contributed by atoms with E-state index >= 15 is 0 Å². The molecule has 0 radical (unpaired) electrons. The van der Waals surface area contributed by atoms with Gasteiger partial charge in [-0.15, -0.1) is 10.2 Å². The maximum Gasteiger partial charge on any atom is 0.286 e. The second-order valence-corrected chi connectivity index (χ2v) is 9.26. The minimum atomic E-state index is -0.477. The van der Waals surface area contributed by atoms with Crippen LogP contribution in [0.5, 0.6) is 0 Å². The Morgan fingerprint density at radius 2 is 1.68 bits per heavy atom. The van der Waals surface area contributed by atoms with Gasteiger partial charge in [-0.2, -0.15) is 0 Å². The summed E-state index contributed by atoms with van der Waals surface area (Å²) in [7, 11) is 0. The van der Waals surface area contributed by atoms with E-state index in [-0.39, 0.29) is 39.9 Å². The molecule has 8 nitrogen and oxygen atoms in total. The molecule has 0 saturated carbocycles. The number of carbonyl (C=O) groups excluding carboxylic acids is 3. The number of anilines is 2. The molecule has 1 saturated heterocycles. The molecule has 11 heteroatoms. The summed E-state index contributed by atoms with van der Waals surface area (Å²) in [6, 6.07) is 12.6. The van der Waals surface area contributed by atoms with E-state index in [0.29, 0.717) is 36.6 Å². The third-order valence-electron chi connectivity index (χ3n) is 5.43. The van der Waals surface area contributed by atoms with Crippen LogP contribution < -0.4 is 10.6 Å². The summed E-state index contributed by atoms with van der Waals surface area (Å²) in [5.41, 5.74) is 0.714. The molecule has 0 spiro atoms. The van der Waals surface area contributed by atoms with Crippen LogP contribution in [0.4, 0.5) is 15.8 Å². The summed E-state index contributed by atoms with van der Waals surface area (Å²) in [4.78, 5) is 39.1. The first kappa shape index (κ1) is 23.8. The summed E-state index contributed by atoms with van der Waals surface area (Å²) >= 11 is 6.77. The number of para-hydroxylation sites is 1. The van der Waals surface area contributed by atoms with Crippen LogP contribution in [0.3, 0.4) is 0 Å². The molecule has 2 heterocycles. The first-order valence-corrected chi connectivity index (χ1v) is 11.8. The molecule has 0 atom stereocenters. The number of piperidine rings is 1. The number of nitrogens with zero attached hydrogens (tertiary/aromatic N) is 3. The zero-order valence-corrected chi connectivity index (χ0v) is 19.5. The van der Waals surface area contributed by atoms with Gasteiger partial charge in [0.15, 0.2) is 0 Å². The zero-order chi connectivity index (χ0) is 24.1. The molecule has 2 aromatic carbocycles. The molecular formula is C23H21ClFN5O3S. The van der Waals surface area contributed by atoms with Crippen molar-refractivity contribution in [1.29, 1.82) is 0 Å². The Hall–Kier alpha value is -3.37. The topological polar surface area (TPSA) is 104 Å². The maximum atomic E-state index is 13.7. The van der Waals surface area contributed by atoms with E-state index in [9.17, 15) is 18.8 Å². The molecule has 1 fully saturated rings. The van der Waals surface area contributed by atoms with Crippen LogP contribution in [-0.2, 0) is 4.79 Å². The number of hydrogen-bond acceptors (Lipinski definition) is 6. The van der Waals surface area contributed by atoms with Gasteiger partial charge in [-0.25, -0.2) is 4.39 Å². The Morgan fingerprint density at radius 1 is 1.00 bits per heavy atom. The molecule has 1 aromatic heterocycles. The van der Waals surface area contributed by atoms with E-state index in [1.165, 1.54) is 12.1 Å². The van der Waals surface area contributed by atoms with Gasteiger partial charge in [0.05, 0.1) is 5.69 Å². The minimum Gasteiger partial charge on any atom is -0.337 e. The van der Waals surface area contributed by atoms with Crippen LogP contribution in [0, 0.1) is 11.7 Å². The Balaban J connectivity index is 1.27. The Kier molecular flexibility index (Phi) is 7.49. The fourth-order valence-electron chi connectivity index (χ4n) is 3.62. The van der Waals surface area contributed by atoms with Crippen molar-refractivity contribution in [2.75, 3.05) is 23.7 Å². The van der Waals surface area contributed by atoms with Gasteiger partial charge in [-0.1, -0.05) is 35.1 Å². The number of benzene rings is 2. The molecule has 0 unspecified atom stereocenters. The van der Waals surface area contributed by atoms with Gasteiger partial charge in [0.2, 0.25) is 15.9 Å². The van der Waals surface area contributed by atoms with Crippen LogP contribution >= 0.6 is 22.9 Å². The van der Waals surface area contributed by atoms with Crippen molar-refractivity contribution >= 4 is 52.0 Å². The lowest BCUT2D eigenvalue weighted by molar-refractivity contribution is -0.117. The standard InChI is InChI=1S/C23H21ClFN5O3S/c24-15-5-7-16(8-6-15)26-20(32)21-28-29-22(34-21)23(33)30-11-9-14(10-12-30)13-19(31)27-18-4-2-1-3-17(18)25/h1-8,14H,9-13H2,(H,26,32)(H,27,31). The number of rotatable bonds is 6. The molecule has 0 aliphatic carbocycles. The molecule has 1 aliphatic rings. The van der Waals surface area contributed by atoms with Gasteiger partial charge < -0.3 is 15.5 Å². The summed E-state index contributed by atoms with van der Waals surface area (Å²) < 4.78 is 13.7. The summed E-state index contributed by atoms with van der Waals surface area (Å²) in [6.45, 7) is 0.921. The van der Waals surface area contributed by atoms with E-state index in [2.05, 4.69) is 20.8 Å². The first-order chi connectivity index (χ1) is 16.4. The van der Waals surface area contributed by atoms with Crippen molar-refractivity contribution in [3.63, 3.8) is 0 Å². The summed E-state index contributed by atoms with van der Waals surface area (Å²) in [5, 5.41) is 13.8. The quantitative estimate of drug-likeness (QED) is 0.518. The number of aromatic nitrogens is 2. The van der Waals surface area contributed by atoms with E-state index in [0.717, 1.165) is 11.3 Å². The van der Waals surface area contributed by atoms with Gasteiger partial charge in [-0.3, -0.25) is 14.4 Å². The predicted octanol–water partition coefficient (Wildman–Crippen LogP) is 4.46. The van der Waals surface area contributed by atoms with E-state index in [4.69, 9.17) is 11.6 Å². The zero-order valence-electron chi connectivity index (χ0n) is 18.0. The highest BCUT2D eigenvalue weighted by Crippen LogP contribution is 2.24. The molecule has 34 heavy (non-hydrogen) atoms. The molecular weight excluding hydrogens is 481 g/mol. The van der Waals surface area contributed by atoms with Gasteiger partial charge in [0.25, 0.3) is 11.8 Å². The van der Waals surface area contributed by atoms with Gasteiger partial charge in [0, 0.05) is 30.2 Å². The van der Waals surface area contributed by atoms with Crippen molar-refractivity contribution in [2.45, 2.75) is 19.3 Å². The highest BCUT2D eigenvalue weighted by atomic mass is 35.5. The molecule has 4 rings (SSSR count). The molecule has 2 N–H and O–H groups in total. The molecule has 1 aliphatic heterocycles. The van der Waals surface area contributed by atoms with Crippen LogP contribution in [0.1, 0.15) is 38.9 Å². The number of hydrogen-bond donors (Lipinski definition) is 2. The number of carbonyl (C=O) groups is 3. The fraction of sp³-hybridized carbons (Fsp3) is 0.261. The molecule has 176 valence electrons. The van der Waals surface area contributed by atoms with E-state index < -0.39 is 11.7 Å². The number of amides is 3. The smallest absolute Gasteiger partial charge is 0.286 e. The lowest BCUT2D eigenvalue weighted by atomic mass is 9.93. The molecule has 3 amide bonds. The van der Waals surface area contributed by atoms with Crippen LogP contribution in [-0.4, -0.2) is 45.9 Å². The Morgan fingerprint density at radius 3 is 2.38 bits per heavy atom. The van der Waals surface area contributed by atoms with Crippen molar-refractivity contribution in [2.24, 2.45) is 5.92 Å². The minimum absolute atomic E-state index is 0.0815. The van der Waals surface area contributed by atoms with Gasteiger partial charge in [0.1, 0.15) is 5.82 Å². The normalized spacial score (nSPS) is 14.0. The van der Waals surface area contributed by atoms with Gasteiger partial charge in [-0.05, 0) is 55.2 Å². The molecule has 3 aromatic rings. The number of nitrogens with one attached hydrogen (secondary N) is 2. The number of halogens is 2. The highest BCUT2D eigenvalue weighted by Gasteiger charge is 2.28. The molecule has 0 bridgehead atoms. The second-order valence-electron chi connectivity index (χ2n) is 7.84. The average molecular weight is 502 g/mol. The lowest BCUT2D eigenvalue weighted by Crippen LogP contribution is -2.39. The van der Waals surface area contributed by atoms with Gasteiger partial charge >= 0.3 is 0 Å². The summed E-state index contributed by atoms with van der Waals surface area (Å²) in [6.07, 6.45) is 1.53.